The summed E-state index contributed by atoms with van der Waals surface area (Å²) >= 11 is 0. The molecule has 2 aromatic heterocycles. The maximum Gasteiger partial charge on any atom is 0.308 e. The van der Waals surface area contributed by atoms with Crippen molar-refractivity contribution in [2.24, 2.45) is 0 Å². The third-order valence-electron chi connectivity index (χ3n) is 4.18. The van der Waals surface area contributed by atoms with E-state index < -0.39 is 11.9 Å². The van der Waals surface area contributed by atoms with Gasteiger partial charge in [-0.25, -0.2) is 9.97 Å². The molecule has 148 valence electrons. The lowest BCUT2D eigenvalue weighted by atomic mass is 10.3. The van der Waals surface area contributed by atoms with Crippen molar-refractivity contribution in [3.63, 3.8) is 0 Å². The van der Waals surface area contributed by atoms with Crippen molar-refractivity contribution < 1.29 is 23.5 Å². The van der Waals surface area contributed by atoms with Crippen LogP contribution in [-0.2, 0) is 14.3 Å². The SMILES string of the molecule is O=C(CCNC(=O)c1ccco1)OCC(=O)N1CCN(c2ncccn2)CC1. The normalized spacial score (nSPS) is 13.9. The Balaban J connectivity index is 1.32. The molecule has 10 nitrogen and oxygen atoms in total. The summed E-state index contributed by atoms with van der Waals surface area (Å²) in [4.78, 5) is 47.6. The Morgan fingerprint density at radius 2 is 1.86 bits per heavy atom. The highest BCUT2D eigenvalue weighted by atomic mass is 16.5. The summed E-state index contributed by atoms with van der Waals surface area (Å²) in [7, 11) is 0. The van der Waals surface area contributed by atoms with Gasteiger partial charge in [-0.05, 0) is 18.2 Å². The highest BCUT2D eigenvalue weighted by Gasteiger charge is 2.23. The Kier molecular flexibility index (Phi) is 6.55. The molecule has 1 saturated heterocycles. The molecule has 0 bridgehead atoms. The van der Waals surface area contributed by atoms with Crippen molar-refractivity contribution >= 4 is 23.7 Å². The quantitative estimate of drug-likeness (QED) is 0.664. The second-order valence-corrected chi connectivity index (χ2v) is 6.06. The first-order valence-electron chi connectivity index (χ1n) is 8.90. The molecule has 2 amide bonds. The number of ether oxygens (including phenoxy) is 1. The molecular weight excluding hydrogens is 366 g/mol. The van der Waals surface area contributed by atoms with Crippen LogP contribution in [0.4, 0.5) is 5.95 Å². The summed E-state index contributed by atoms with van der Waals surface area (Å²) in [6, 6.07) is 4.87. The Morgan fingerprint density at radius 1 is 1.11 bits per heavy atom. The molecule has 1 fully saturated rings. The smallest absolute Gasteiger partial charge is 0.308 e. The standard InChI is InChI=1S/C18H21N5O5/c24-15(22-8-10-23(11-9-22)18-20-5-2-6-21-18)13-28-16(25)4-7-19-17(26)14-3-1-12-27-14/h1-3,5-6,12H,4,7-11,13H2,(H,19,26). The number of anilines is 1. The molecule has 1 aliphatic rings. The van der Waals surface area contributed by atoms with Gasteiger partial charge in [-0.3, -0.25) is 14.4 Å². The first-order valence-corrected chi connectivity index (χ1v) is 8.90. The van der Waals surface area contributed by atoms with Crippen LogP contribution in [0, 0.1) is 0 Å². The fraction of sp³-hybridized carbons (Fsp3) is 0.389. The summed E-state index contributed by atoms with van der Waals surface area (Å²) in [6.45, 7) is 2.03. The minimum absolute atomic E-state index is 0.0289. The zero-order chi connectivity index (χ0) is 19.8. The molecule has 1 aliphatic heterocycles. The van der Waals surface area contributed by atoms with Gasteiger partial charge in [-0.1, -0.05) is 0 Å². The van der Waals surface area contributed by atoms with Gasteiger partial charge in [0.15, 0.2) is 12.4 Å². The van der Waals surface area contributed by atoms with Crippen LogP contribution in [0.5, 0.6) is 0 Å². The van der Waals surface area contributed by atoms with E-state index in [1.54, 1.807) is 29.4 Å². The molecule has 0 radical (unpaired) electrons. The number of carbonyl (C=O) groups is 3. The number of esters is 1. The van der Waals surface area contributed by atoms with E-state index in [-0.39, 0.29) is 31.2 Å². The molecule has 0 unspecified atom stereocenters. The predicted octanol–water partition coefficient (Wildman–Crippen LogP) is 0.0815. The van der Waals surface area contributed by atoms with Crippen molar-refractivity contribution in [2.45, 2.75) is 6.42 Å². The number of nitrogens with zero attached hydrogens (tertiary/aromatic N) is 4. The second-order valence-electron chi connectivity index (χ2n) is 6.06. The van der Waals surface area contributed by atoms with E-state index in [0.717, 1.165) is 0 Å². The molecule has 0 aliphatic carbocycles. The number of furan rings is 1. The van der Waals surface area contributed by atoms with Crippen LogP contribution in [0.15, 0.2) is 41.3 Å². The maximum atomic E-state index is 12.2. The van der Waals surface area contributed by atoms with Gasteiger partial charge in [-0.2, -0.15) is 0 Å². The van der Waals surface area contributed by atoms with Crippen LogP contribution < -0.4 is 10.2 Å². The Bertz CT molecular complexity index is 788. The fourth-order valence-corrected chi connectivity index (χ4v) is 2.69. The maximum absolute atomic E-state index is 12.2. The average Bonchev–Trinajstić information content (AvgIpc) is 3.28. The highest BCUT2D eigenvalue weighted by Crippen LogP contribution is 2.09. The summed E-state index contributed by atoms with van der Waals surface area (Å²) in [5.74, 6) is -0.402. The molecule has 1 N–H and O–H groups in total. The van der Waals surface area contributed by atoms with Crippen LogP contribution in [0.25, 0.3) is 0 Å². The van der Waals surface area contributed by atoms with Crippen LogP contribution in [0.2, 0.25) is 0 Å². The lowest BCUT2D eigenvalue weighted by Crippen LogP contribution is -2.50. The molecule has 0 spiro atoms. The van der Waals surface area contributed by atoms with E-state index in [9.17, 15) is 14.4 Å². The lowest BCUT2D eigenvalue weighted by molar-refractivity contribution is -0.152. The zero-order valence-corrected chi connectivity index (χ0v) is 15.2. The predicted molar refractivity (Wildman–Crippen MR) is 97.4 cm³/mol. The van der Waals surface area contributed by atoms with E-state index in [1.165, 1.54) is 12.3 Å². The van der Waals surface area contributed by atoms with E-state index in [1.807, 2.05) is 4.90 Å². The number of carbonyl (C=O) groups excluding carboxylic acids is 3. The number of piperazine rings is 1. The van der Waals surface area contributed by atoms with Gasteiger partial charge in [0, 0.05) is 45.1 Å². The third kappa shape index (κ3) is 5.29. The van der Waals surface area contributed by atoms with Gasteiger partial charge in [0.25, 0.3) is 11.8 Å². The summed E-state index contributed by atoms with van der Waals surface area (Å²) in [5.41, 5.74) is 0. The molecule has 10 heteroatoms. The molecule has 0 aromatic carbocycles. The van der Waals surface area contributed by atoms with Gasteiger partial charge in [0.05, 0.1) is 12.7 Å². The minimum Gasteiger partial charge on any atom is -0.459 e. The monoisotopic (exact) mass is 387 g/mol. The van der Waals surface area contributed by atoms with Crippen LogP contribution >= 0.6 is 0 Å². The number of aromatic nitrogens is 2. The van der Waals surface area contributed by atoms with Gasteiger partial charge in [0.2, 0.25) is 5.95 Å². The molecule has 0 atom stereocenters. The number of nitrogens with one attached hydrogen (secondary N) is 1. The van der Waals surface area contributed by atoms with Gasteiger partial charge in [0.1, 0.15) is 0 Å². The fourth-order valence-electron chi connectivity index (χ4n) is 2.69. The molecule has 28 heavy (non-hydrogen) atoms. The van der Waals surface area contributed by atoms with Gasteiger partial charge >= 0.3 is 5.97 Å². The number of hydrogen-bond acceptors (Lipinski definition) is 8. The van der Waals surface area contributed by atoms with E-state index >= 15 is 0 Å². The summed E-state index contributed by atoms with van der Waals surface area (Å²) in [6.07, 6.45) is 4.72. The van der Waals surface area contributed by atoms with Crippen molar-refractivity contribution in [3.05, 3.63) is 42.6 Å². The summed E-state index contributed by atoms with van der Waals surface area (Å²) < 4.78 is 9.94. The van der Waals surface area contributed by atoms with Crippen molar-refractivity contribution in [3.8, 4) is 0 Å². The van der Waals surface area contributed by atoms with E-state index in [4.69, 9.17) is 9.15 Å². The van der Waals surface area contributed by atoms with Gasteiger partial charge in [-0.15, -0.1) is 0 Å². The van der Waals surface area contributed by atoms with Crippen molar-refractivity contribution in [1.82, 2.24) is 20.2 Å². The number of amides is 2. The zero-order valence-electron chi connectivity index (χ0n) is 15.2. The van der Waals surface area contributed by atoms with E-state index in [0.29, 0.717) is 32.1 Å². The van der Waals surface area contributed by atoms with Crippen LogP contribution in [-0.4, -0.2) is 72.0 Å². The Morgan fingerprint density at radius 3 is 2.54 bits per heavy atom. The van der Waals surface area contributed by atoms with Crippen molar-refractivity contribution in [1.29, 1.82) is 0 Å². The summed E-state index contributed by atoms with van der Waals surface area (Å²) in [5, 5.41) is 2.54. The number of hydrogen-bond donors (Lipinski definition) is 1. The molecular formula is C18H21N5O5. The van der Waals surface area contributed by atoms with E-state index in [2.05, 4.69) is 15.3 Å². The Labute approximate surface area is 161 Å². The largest absolute Gasteiger partial charge is 0.459 e. The van der Waals surface area contributed by atoms with Gasteiger partial charge < -0.3 is 24.3 Å². The lowest BCUT2D eigenvalue weighted by Gasteiger charge is -2.34. The topological polar surface area (TPSA) is 118 Å². The molecule has 3 rings (SSSR count). The first kappa shape index (κ1) is 19.3. The average molecular weight is 387 g/mol. The Hall–Kier alpha value is -3.43. The van der Waals surface area contributed by atoms with Crippen LogP contribution in [0.3, 0.4) is 0 Å². The first-order chi connectivity index (χ1) is 13.6. The van der Waals surface area contributed by atoms with Crippen LogP contribution in [0.1, 0.15) is 17.0 Å². The van der Waals surface area contributed by atoms with Crippen molar-refractivity contribution in [2.75, 3.05) is 44.2 Å². The molecule has 3 heterocycles. The second kappa shape index (κ2) is 9.49. The number of rotatable bonds is 7. The molecule has 0 saturated carbocycles. The minimum atomic E-state index is -0.551. The third-order valence-corrected chi connectivity index (χ3v) is 4.18. The highest BCUT2D eigenvalue weighted by molar-refractivity contribution is 5.91. The molecule has 2 aromatic rings.